The molecule has 72 valence electrons. The Bertz CT molecular complexity index is 443. The number of nitrogens with zero attached hydrogens (tertiary/aromatic N) is 5. The first kappa shape index (κ1) is 9.42. The van der Waals surface area contributed by atoms with Gasteiger partial charge >= 0.3 is 0 Å². The summed E-state index contributed by atoms with van der Waals surface area (Å²) in [6.45, 7) is 0. The fourth-order valence-corrected chi connectivity index (χ4v) is 1.78. The van der Waals surface area contributed by atoms with E-state index in [1.807, 2.05) is 17.8 Å². The molecule has 0 saturated heterocycles. The molecule has 0 aliphatic carbocycles. The molecule has 0 bridgehead atoms. The lowest BCUT2D eigenvalue weighted by Gasteiger charge is -1.99. The van der Waals surface area contributed by atoms with Crippen molar-refractivity contribution in [2.45, 2.75) is 10.2 Å². The molecule has 2 aromatic rings. The van der Waals surface area contributed by atoms with Crippen LogP contribution in [0.1, 0.15) is 0 Å². The Morgan fingerprint density at radius 1 is 1.50 bits per heavy atom. The Balaban J connectivity index is 2.23. The molecule has 7 heteroatoms. The molecule has 0 atom stereocenters. The lowest BCUT2D eigenvalue weighted by Crippen LogP contribution is -1.92. The summed E-state index contributed by atoms with van der Waals surface area (Å²) in [5, 5.41) is 8.90. The lowest BCUT2D eigenvalue weighted by atomic mass is 10.9. The van der Waals surface area contributed by atoms with E-state index in [9.17, 15) is 0 Å². The number of halogens is 1. The van der Waals surface area contributed by atoms with Gasteiger partial charge in [0.2, 0.25) is 5.28 Å². The van der Waals surface area contributed by atoms with Crippen LogP contribution in [0.2, 0.25) is 5.28 Å². The van der Waals surface area contributed by atoms with Crippen molar-refractivity contribution in [3.8, 4) is 0 Å². The molecule has 5 nitrogen and oxygen atoms in total. The Kier molecular flexibility index (Phi) is 2.64. The van der Waals surface area contributed by atoms with E-state index in [4.69, 9.17) is 11.6 Å². The van der Waals surface area contributed by atoms with Crippen molar-refractivity contribution in [1.29, 1.82) is 0 Å². The number of imidazole rings is 1. The van der Waals surface area contributed by atoms with Crippen molar-refractivity contribution in [2.24, 2.45) is 7.05 Å². The maximum absolute atomic E-state index is 5.60. The van der Waals surface area contributed by atoms with Crippen LogP contribution < -0.4 is 0 Å². The van der Waals surface area contributed by atoms with Gasteiger partial charge in [0.1, 0.15) is 5.03 Å². The summed E-state index contributed by atoms with van der Waals surface area (Å²) in [7, 11) is 1.91. The molecule has 0 N–H and O–H groups in total. The summed E-state index contributed by atoms with van der Waals surface area (Å²) in [4.78, 5) is 8.13. The van der Waals surface area contributed by atoms with Crippen LogP contribution in [0.4, 0.5) is 0 Å². The van der Waals surface area contributed by atoms with Gasteiger partial charge in [-0.3, -0.25) is 0 Å². The van der Waals surface area contributed by atoms with Gasteiger partial charge in [0.15, 0.2) is 5.16 Å². The second-order valence-electron chi connectivity index (χ2n) is 2.49. The summed E-state index contributed by atoms with van der Waals surface area (Å²) in [5.41, 5.74) is 0. The minimum Gasteiger partial charge on any atom is -0.329 e. The van der Waals surface area contributed by atoms with Crippen LogP contribution in [-0.4, -0.2) is 24.7 Å². The number of hydrogen-bond donors (Lipinski definition) is 0. The topological polar surface area (TPSA) is 56.5 Å². The van der Waals surface area contributed by atoms with E-state index in [0.29, 0.717) is 5.03 Å². The Morgan fingerprint density at radius 3 is 3.00 bits per heavy atom. The maximum Gasteiger partial charge on any atom is 0.244 e. The number of aryl methyl sites for hydroxylation is 1. The third-order valence-corrected chi connectivity index (χ3v) is 2.63. The SMILES string of the molecule is Cn1ccnc1Sc1cnnc(Cl)n1. The zero-order valence-corrected chi connectivity index (χ0v) is 8.83. The fourth-order valence-electron chi connectivity index (χ4n) is 0.861. The highest BCUT2D eigenvalue weighted by Crippen LogP contribution is 2.23. The molecule has 0 saturated carbocycles. The molecular formula is C7H6ClN5S. The van der Waals surface area contributed by atoms with Crippen LogP contribution in [0.25, 0.3) is 0 Å². The molecule has 0 aliphatic rings. The molecule has 0 spiro atoms. The molecule has 0 aliphatic heterocycles. The summed E-state index contributed by atoms with van der Waals surface area (Å²) in [5.74, 6) is 0. The lowest BCUT2D eigenvalue weighted by molar-refractivity contribution is 0.786. The quantitative estimate of drug-likeness (QED) is 0.777. The standard InChI is InChI=1S/C7H6ClN5S/c1-13-3-2-9-7(13)14-5-4-10-12-6(8)11-5/h2-4H,1H3. The highest BCUT2D eigenvalue weighted by molar-refractivity contribution is 7.99. The first-order chi connectivity index (χ1) is 6.75. The summed E-state index contributed by atoms with van der Waals surface area (Å²) < 4.78 is 1.89. The van der Waals surface area contributed by atoms with Crippen LogP contribution in [0, 0.1) is 0 Å². The number of aromatic nitrogens is 5. The van der Waals surface area contributed by atoms with Gasteiger partial charge in [-0.25, -0.2) is 9.97 Å². The van der Waals surface area contributed by atoms with Crippen molar-refractivity contribution in [1.82, 2.24) is 24.7 Å². The van der Waals surface area contributed by atoms with Crippen LogP contribution in [0.15, 0.2) is 28.8 Å². The van der Waals surface area contributed by atoms with Crippen LogP contribution >= 0.6 is 23.4 Å². The average molecular weight is 228 g/mol. The molecule has 2 rings (SSSR count). The Labute approximate surface area is 89.5 Å². The summed E-state index contributed by atoms with van der Waals surface area (Å²) in [6.07, 6.45) is 5.13. The van der Waals surface area contributed by atoms with Gasteiger partial charge in [-0.2, -0.15) is 5.10 Å². The van der Waals surface area contributed by atoms with E-state index in [-0.39, 0.29) is 5.28 Å². The molecule has 0 aromatic carbocycles. The van der Waals surface area contributed by atoms with E-state index in [1.54, 1.807) is 12.4 Å². The Morgan fingerprint density at radius 2 is 2.36 bits per heavy atom. The van der Waals surface area contributed by atoms with Gasteiger partial charge < -0.3 is 4.57 Å². The average Bonchev–Trinajstić information content (AvgIpc) is 2.52. The van der Waals surface area contributed by atoms with Gasteiger partial charge in [0.25, 0.3) is 0 Å². The molecule has 2 aromatic heterocycles. The minimum atomic E-state index is 0.143. The van der Waals surface area contributed by atoms with Crippen molar-refractivity contribution >= 4 is 23.4 Å². The first-order valence-electron chi connectivity index (χ1n) is 3.76. The molecule has 0 fully saturated rings. The van der Waals surface area contributed by atoms with E-state index < -0.39 is 0 Å². The normalized spacial score (nSPS) is 10.4. The van der Waals surface area contributed by atoms with Gasteiger partial charge in [-0.15, -0.1) is 5.10 Å². The summed E-state index contributed by atoms with van der Waals surface area (Å²) in [6, 6.07) is 0. The Hall–Kier alpha value is -1.14. The van der Waals surface area contributed by atoms with Gasteiger partial charge in [-0.1, -0.05) is 0 Å². The molecule has 0 amide bonds. The third kappa shape index (κ3) is 2.02. The zero-order valence-electron chi connectivity index (χ0n) is 7.25. The highest BCUT2D eigenvalue weighted by Gasteiger charge is 2.04. The van der Waals surface area contributed by atoms with Crippen molar-refractivity contribution < 1.29 is 0 Å². The maximum atomic E-state index is 5.60. The minimum absolute atomic E-state index is 0.143. The van der Waals surface area contributed by atoms with Crippen molar-refractivity contribution in [3.63, 3.8) is 0 Å². The third-order valence-electron chi connectivity index (χ3n) is 1.48. The fraction of sp³-hybridized carbons (Fsp3) is 0.143. The van der Waals surface area contributed by atoms with Crippen molar-refractivity contribution in [2.75, 3.05) is 0 Å². The molecule has 0 unspecified atom stereocenters. The number of hydrogen-bond acceptors (Lipinski definition) is 5. The smallest absolute Gasteiger partial charge is 0.244 e. The van der Waals surface area contributed by atoms with E-state index in [1.165, 1.54) is 11.8 Å². The van der Waals surface area contributed by atoms with E-state index >= 15 is 0 Å². The zero-order chi connectivity index (χ0) is 9.97. The van der Waals surface area contributed by atoms with Crippen molar-refractivity contribution in [3.05, 3.63) is 23.9 Å². The molecule has 2 heterocycles. The second-order valence-corrected chi connectivity index (χ2v) is 3.81. The van der Waals surface area contributed by atoms with Crippen LogP contribution in [0.5, 0.6) is 0 Å². The molecule has 0 radical (unpaired) electrons. The predicted molar refractivity (Wildman–Crippen MR) is 52.2 cm³/mol. The highest BCUT2D eigenvalue weighted by atomic mass is 35.5. The second kappa shape index (κ2) is 3.93. The number of rotatable bonds is 2. The van der Waals surface area contributed by atoms with Gasteiger partial charge in [0.05, 0.1) is 6.20 Å². The van der Waals surface area contributed by atoms with Gasteiger partial charge in [0, 0.05) is 19.4 Å². The molecule has 14 heavy (non-hydrogen) atoms. The predicted octanol–water partition coefficient (Wildman–Crippen LogP) is 1.41. The monoisotopic (exact) mass is 227 g/mol. The van der Waals surface area contributed by atoms with E-state index in [2.05, 4.69) is 20.2 Å². The molecular weight excluding hydrogens is 222 g/mol. The van der Waals surface area contributed by atoms with Crippen LogP contribution in [-0.2, 0) is 7.05 Å². The van der Waals surface area contributed by atoms with E-state index in [0.717, 1.165) is 5.16 Å². The van der Waals surface area contributed by atoms with Gasteiger partial charge in [-0.05, 0) is 23.4 Å². The van der Waals surface area contributed by atoms with Crippen LogP contribution in [0.3, 0.4) is 0 Å². The summed E-state index contributed by atoms with van der Waals surface area (Å²) >= 11 is 6.99. The largest absolute Gasteiger partial charge is 0.329 e. The first-order valence-corrected chi connectivity index (χ1v) is 4.95.